The van der Waals surface area contributed by atoms with E-state index in [4.69, 9.17) is 4.74 Å². The molecule has 0 saturated carbocycles. The van der Waals surface area contributed by atoms with E-state index < -0.39 is 6.04 Å². The topological polar surface area (TPSA) is 58.6 Å². The van der Waals surface area contributed by atoms with E-state index in [9.17, 15) is 14.0 Å². The molecule has 7 heteroatoms. The SMILES string of the molecule is CCCCNC(=O)[C@@H](CC)N(Cc1cccc(OC)c1)C(=O)CSCc1ccc(F)cc1. The second-order valence-corrected chi connectivity index (χ2v) is 8.55. The fourth-order valence-electron chi connectivity index (χ4n) is 3.31. The highest BCUT2D eigenvalue weighted by atomic mass is 32.2. The third-order valence-electron chi connectivity index (χ3n) is 5.11. The lowest BCUT2D eigenvalue weighted by molar-refractivity contribution is -0.139. The van der Waals surface area contributed by atoms with Crippen LogP contribution >= 0.6 is 11.8 Å². The molecule has 0 aliphatic rings. The fraction of sp³-hybridized carbons (Fsp3) is 0.440. The van der Waals surface area contributed by atoms with Crippen LogP contribution in [0.3, 0.4) is 0 Å². The van der Waals surface area contributed by atoms with Crippen LogP contribution in [0.1, 0.15) is 44.2 Å². The van der Waals surface area contributed by atoms with E-state index in [1.807, 2.05) is 31.2 Å². The lowest BCUT2D eigenvalue weighted by atomic mass is 10.1. The molecule has 32 heavy (non-hydrogen) atoms. The van der Waals surface area contributed by atoms with Crippen molar-refractivity contribution in [2.45, 2.75) is 51.4 Å². The highest BCUT2D eigenvalue weighted by molar-refractivity contribution is 7.99. The number of carbonyl (C=O) groups is 2. The molecule has 1 atom stereocenters. The van der Waals surface area contributed by atoms with Crippen molar-refractivity contribution in [3.05, 3.63) is 65.5 Å². The minimum atomic E-state index is -0.544. The summed E-state index contributed by atoms with van der Waals surface area (Å²) in [6, 6.07) is 13.3. The molecule has 2 amide bonds. The van der Waals surface area contributed by atoms with E-state index in [-0.39, 0.29) is 23.4 Å². The smallest absolute Gasteiger partial charge is 0.242 e. The summed E-state index contributed by atoms with van der Waals surface area (Å²) < 4.78 is 18.4. The van der Waals surface area contributed by atoms with Crippen molar-refractivity contribution in [1.82, 2.24) is 10.2 Å². The number of nitrogens with one attached hydrogen (secondary N) is 1. The number of thioether (sulfide) groups is 1. The Hall–Kier alpha value is -2.54. The number of benzene rings is 2. The van der Waals surface area contributed by atoms with E-state index in [1.165, 1.54) is 23.9 Å². The van der Waals surface area contributed by atoms with Gasteiger partial charge in [0.05, 0.1) is 12.9 Å². The number of hydrogen-bond acceptors (Lipinski definition) is 4. The molecule has 2 aromatic rings. The minimum Gasteiger partial charge on any atom is -0.497 e. The van der Waals surface area contributed by atoms with Gasteiger partial charge in [-0.15, -0.1) is 11.8 Å². The molecule has 0 heterocycles. The normalized spacial score (nSPS) is 11.6. The Labute approximate surface area is 194 Å². The van der Waals surface area contributed by atoms with Crippen LogP contribution in [-0.4, -0.2) is 42.2 Å². The van der Waals surface area contributed by atoms with Gasteiger partial charge in [0.25, 0.3) is 0 Å². The van der Waals surface area contributed by atoms with Gasteiger partial charge in [-0.05, 0) is 48.2 Å². The lowest BCUT2D eigenvalue weighted by Gasteiger charge is -2.30. The summed E-state index contributed by atoms with van der Waals surface area (Å²) in [5.41, 5.74) is 1.86. The molecule has 0 aliphatic heterocycles. The molecule has 0 saturated heterocycles. The highest BCUT2D eigenvalue weighted by Gasteiger charge is 2.28. The number of rotatable bonds is 13. The van der Waals surface area contributed by atoms with Crippen LogP contribution in [0.25, 0.3) is 0 Å². The summed E-state index contributed by atoms with van der Waals surface area (Å²) in [5.74, 6) is 1.04. The standard InChI is InChI=1S/C25H33FN2O3S/c1-4-6-14-27-25(30)23(5-2)28(16-20-8-7-9-22(15-20)31-3)24(29)18-32-17-19-10-12-21(26)13-11-19/h7-13,15,23H,4-6,14,16-18H2,1-3H3,(H,27,30)/t23-/m1/s1. The zero-order chi connectivity index (χ0) is 23.3. The number of ether oxygens (including phenoxy) is 1. The van der Waals surface area contributed by atoms with Crippen molar-refractivity contribution in [1.29, 1.82) is 0 Å². The Morgan fingerprint density at radius 1 is 1.12 bits per heavy atom. The molecular weight excluding hydrogens is 427 g/mol. The molecule has 0 bridgehead atoms. The maximum absolute atomic E-state index is 13.2. The van der Waals surface area contributed by atoms with Gasteiger partial charge >= 0.3 is 0 Å². The van der Waals surface area contributed by atoms with Gasteiger partial charge < -0.3 is 15.0 Å². The Morgan fingerprint density at radius 2 is 1.88 bits per heavy atom. The van der Waals surface area contributed by atoms with Crippen LogP contribution in [0.4, 0.5) is 4.39 Å². The van der Waals surface area contributed by atoms with Gasteiger partial charge in [0.15, 0.2) is 0 Å². The van der Waals surface area contributed by atoms with Crippen molar-refractivity contribution < 1.29 is 18.7 Å². The van der Waals surface area contributed by atoms with E-state index in [0.717, 1.165) is 24.0 Å². The zero-order valence-corrected chi connectivity index (χ0v) is 19.9. The number of amides is 2. The maximum Gasteiger partial charge on any atom is 0.242 e. The quantitative estimate of drug-likeness (QED) is 0.437. The van der Waals surface area contributed by atoms with E-state index in [0.29, 0.717) is 31.0 Å². The molecule has 0 aliphatic carbocycles. The number of carbonyl (C=O) groups excluding carboxylic acids is 2. The van der Waals surface area contributed by atoms with Crippen molar-refractivity contribution in [3.63, 3.8) is 0 Å². The molecule has 0 radical (unpaired) electrons. The second-order valence-electron chi connectivity index (χ2n) is 7.56. The van der Waals surface area contributed by atoms with Gasteiger partial charge in [-0.3, -0.25) is 9.59 Å². The van der Waals surface area contributed by atoms with Crippen molar-refractivity contribution >= 4 is 23.6 Å². The number of methoxy groups -OCH3 is 1. The molecule has 5 nitrogen and oxygen atoms in total. The second kappa shape index (κ2) is 13.8. The molecule has 0 spiro atoms. The first-order valence-electron chi connectivity index (χ1n) is 11.0. The Bertz CT molecular complexity index is 861. The molecule has 2 rings (SSSR count). The Kier molecular flexibility index (Phi) is 11.1. The van der Waals surface area contributed by atoms with Gasteiger partial charge in [-0.25, -0.2) is 4.39 Å². The molecule has 2 aromatic carbocycles. The van der Waals surface area contributed by atoms with Crippen molar-refractivity contribution in [3.8, 4) is 5.75 Å². The van der Waals surface area contributed by atoms with Gasteiger partial charge in [-0.2, -0.15) is 0 Å². The first kappa shape index (κ1) is 25.7. The molecule has 0 fully saturated rings. The van der Waals surface area contributed by atoms with E-state index in [2.05, 4.69) is 12.2 Å². The van der Waals surface area contributed by atoms with Crippen LogP contribution in [0, 0.1) is 5.82 Å². The Morgan fingerprint density at radius 3 is 2.53 bits per heavy atom. The Balaban J connectivity index is 2.12. The summed E-state index contributed by atoms with van der Waals surface area (Å²) in [7, 11) is 1.60. The third kappa shape index (κ3) is 8.19. The summed E-state index contributed by atoms with van der Waals surface area (Å²) in [5, 5.41) is 2.97. The van der Waals surface area contributed by atoms with Crippen LogP contribution in [0.2, 0.25) is 0 Å². The van der Waals surface area contributed by atoms with E-state index >= 15 is 0 Å². The van der Waals surface area contributed by atoms with Crippen LogP contribution < -0.4 is 10.1 Å². The van der Waals surface area contributed by atoms with Crippen LogP contribution in [0.5, 0.6) is 5.75 Å². The van der Waals surface area contributed by atoms with Crippen molar-refractivity contribution in [2.75, 3.05) is 19.4 Å². The zero-order valence-electron chi connectivity index (χ0n) is 19.1. The predicted molar refractivity (Wildman–Crippen MR) is 128 cm³/mol. The highest BCUT2D eigenvalue weighted by Crippen LogP contribution is 2.20. The van der Waals surface area contributed by atoms with Gasteiger partial charge in [0.1, 0.15) is 17.6 Å². The summed E-state index contributed by atoms with van der Waals surface area (Å²) in [4.78, 5) is 27.7. The predicted octanol–water partition coefficient (Wildman–Crippen LogP) is 4.79. The number of hydrogen-bond donors (Lipinski definition) is 1. The van der Waals surface area contributed by atoms with Crippen LogP contribution in [0.15, 0.2) is 48.5 Å². The van der Waals surface area contributed by atoms with Gasteiger partial charge in [-0.1, -0.05) is 44.5 Å². The molecule has 1 N–H and O–H groups in total. The number of halogens is 1. The lowest BCUT2D eigenvalue weighted by Crippen LogP contribution is -2.49. The third-order valence-corrected chi connectivity index (χ3v) is 6.10. The minimum absolute atomic E-state index is 0.0996. The molecule has 0 unspecified atom stereocenters. The summed E-state index contributed by atoms with van der Waals surface area (Å²) in [6.45, 7) is 4.92. The average molecular weight is 461 g/mol. The maximum atomic E-state index is 13.2. The summed E-state index contributed by atoms with van der Waals surface area (Å²) in [6.07, 6.45) is 2.42. The van der Waals surface area contributed by atoms with Gasteiger partial charge in [0.2, 0.25) is 11.8 Å². The molecule has 174 valence electrons. The average Bonchev–Trinajstić information content (AvgIpc) is 2.80. The van der Waals surface area contributed by atoms with Crippen molar-refractivity contribution in [2.24, 2.45) is 0 Å². The molecule has 0 aromatic heterocycles. The van der Waals surface area contributed by atoms with E-state index in [1.54, 1.807) is 24.1 Å². The summed E-state index contributed by atoms with van der Waals surface area (Å²) >= 11 is 1.46. The fourth-order valence-corrected chi connectivity index (χ4v) is 4.18. The largest absolute Gasteiger partial charge is 0.497 e. The molecular formula is C25H33FN2O3S. The first-order valence-corrected chi connectivity index (χ1v) is 12.2. The first-order chi connectivity index (χ1) is 15.5. The number of nitrogens with zero attached hydrogens (tertiary/aromatic N) is 1. The monoisotopic (exact) mass is 460 g/mol. The van der Waals surface area contributed by atoms with Crippen LogP contribution in [-0.2, 0) is 21.9 Å². The number of unbranched alkanes of at least 4 members (excludes halogenated alkanes) is 1. The van der Waals surface area contributed by atoms with Gasteiger partial charge in [0, 0.05) is 18.8 Å².